The lowest BCUT2D eigenvalue weighted by molar-refractivity contribution is -0.117. The summed E-state index contributed by atoms with van der Waals surface area (Å²) in [6, 6.07) is 20.3. The van der Waals surface area contributed by atoms with Crippen LogP contribution in [-0.4, -0.2) is 39.7 Å². The van der Waals surface area contributed by atoms with Crippen molar-refractivity contribution < 1.29 is 19.5 Å². The van der Waals surface area contributed by atoms with Crippen molar-refractivity contribution in [3.63, 3.8) is 0 Å². The average molecular weight is 488 g/mol. The fourth-order valence-corrected chi connectivity index (χ4v) is 3.82. The number of pyridine rings is 1. The molecule has 0 fully saturated rings. The number of aromatic nitrogens is 1. The Bertz CT molecular complexity index is 1470. The van der Waals surface area contributed by atoms with Crippen molar-refractivity contribution in [2.75, 3.05) is 11.1 Å². The van der Waals surface area contributed by atoms with Gasteiger partial charge in [0.2, 0.25) is 11.3 Å². The molecule has 1 aromatic heterocycles. The van der Waals surface area contributed by atoms with Crippen molar-refractivity contribution in [3.8, 4) is 11.1 Å². The lowest BCUT2D eigenvalue weighted by atomic mass is 10.0. The minimum atomic E-state index is -1.35. The van der Waals surface area contributed by atoms with Crippen LogP contribution in [0.25, 0.3) is 22.0 Å². The van der Waals surface area contributed by atoms with Gasteiger partial charge in [0.1, 0.15) is 11.6 Å². The Morgan fingerprint density at radius 2 is 1.63 bits per heavy atom. The van der Waals surface area contributed by atoms with Crippen molar-refractivity contribution in [3.05, 3.63) is 100 Å². The van der Waals surface area contributed by atoms with E-state index in [0.29, 0.717) is 11.1 Å². The van der Waals surface area contributed by atoms with Crippen molar-refractivity contribution in [2.45, 2.75) is 6.04 Å². The lowest BCUT2D eigenvalue weighted by Gasteiger charge is -2.17. The summed E-state index contributed by atoms with van der Waals surface area (Å²) in [7, 11) is 0. The van der Waals surface area contributed by atoms with Gasteiger partial charge in [-0.2, -0.15) is 12.6 Å². The monoisotopic (exact) mass is 487 g/mol. The molecule has 0 spiro atoms. The maximum Gasteiger partial charge on any atom is 0.341 e. The van der Waals surface area contributed by atoms with Crippen LogP contribution < -0.4 is 16.1 Å². The summed E-state index contributed by atoms with van der Waals surface area (Å²) in [6.07, 6.45) is 1.13. The number of anilines is 1. The van der Waals surface area contributed by atoms with Crippen molar-refractivity contribution in [1.82, 2.24) is 10.3 Å². The van der Waals surface area contributed by atoms with E-state index in [0.717, 1.165) is 17.3 Å². The standard InChI is InChI=1S/C26H21N3O5S/c30-23-19-12-18(10-11-21(19)27-13-20(23)26(33)34)28-25(32)22(14-35)29-24(31)17-8-6-16(7-9-17)15-4-2-1-3-5-15/h1-13,22,35H,14H2,(H,27,30)(H,28,32)(H,29,31)(H,33,34)/t22-/m0/s1. The van der Waals surface area contributed by atoms with E-state index in [4.69, 9.17) is 5.11 Å². The van der Waals surface area contributed by atoms with Gasteiger partial charge in [-0.25, -0.2) is 4.79 Å². The van der Waals surface area contributed by atoms with E-state index < -0.39 is 34.8 Å². The van der Waals surface area contributed by atoms with Gasteiger partial charge in [0.05, 0.1) is 0 Å². The lowest BCUT2D eigenvalue weighted by Crippen LogP contribution is -2.45. The first-order chi connectivity index (χ1) is 16.9. The zero-order valence-electron chi connectivity index (χ0n) is 18.3. The largest absolute Gasteiger partial charge is 0.477 e. The van der Waals surface area contributed by atoms with E-state index in [2.05, 4.69) is 28.2 Å². The van der Waals surface area contributed by atoms with Crippen LogP contribution in [0.15, 0.2) is 83.8 Å². The van der Waals surface area contributed by atoms with Crippen LogP contribution in [-0.2, 0) is 4.79 Å². The minimum absolute atomic E-state index is 0.0387. The Labute approximate surface area is 205 Å². The topological polar surface area (TPSA) is 128 Å². The third-order valence-corrected chi connectivity index (χ3v) is 5.80. The number of carbonyl (C=O) groups is 3. The minimum Gasteiger partial charge on any atom is -0.477 e. The Morgan fingerprint density at radius 1 is 0.943 bits per heavy atom. The summed E-state index contributed by atoms with van der Waals surface area (Å²) in [5.74, 6) is -2.27. The fourth-order valence-electron chi connectivity index (χ4n) is 3.56. The van der Waals surface area contributed by atoms with Crippen molar-refractivity contribution >= 4 is 47.0 Å². The summed E-state index contributed by atoms with van der Waals surface area (Å²) < 4.78 is 0. The number of amides is 2. The van der Waals surface area contributed by atoms with E-state index in [1.165, 1.54) is 6.07 Å². The number of hydrogen-bond acceptors (Lipinski definition) is 5. The Kier molecular flexibility index (Phi) is 6.98. The third-order valence-electron chi connectivity index (χ3n) is 5.44. The number of thiol groups is 1. The number of benzene rings is 3. The second kappa shape index (κ2) is 10.3. The van der Waals surface area contributed by atoms with Crippen molar-refractivity contribution in [2.24, 2.45) is 0 Å². The zero-order chi connectivity index (χ0) is 24.9. The van der Waals surface area contributed by atoms with Crippen LogP contribution in [0.5, 0.6) is 0 Å². The smallest absolute Gasteiger partial charge is 0.341 e. The molecule has 35 heavy (non-hydrogen) atoms. The van der Waals surface area contributed by atoms with Gasteiger partial charge >= 0.3 is 5.97 Å². The van der Waals surface area contributed by atoms with Gasteiger partial charge < -0.3 is 20.7 Å². The highest BCUT2D eigenvalue weighted by Gasteiger charge is 2.21. The van der Waals surface area contributed by atoms with Gasteiger partial charge in [0, 0.05) is 34.1 Å². The van der Waals surface area contributed by atoms with Gasteiger partial charge in [0.15, 0.2) is 0 Å². The number of H-pyrrole nitrogens is 1. The molecule has 4 aromatic rings. The van der Waals surface area contributed by atoms with Gasteiger partial charge in [-0.1, -0.05) is 42.5 Å². The highest BCUT2D eigenvalue weighted by atomic mass is 32.1. The molecule has 176 valence electrons. The number of hydrogen-bond donors (Lipinski definition) is 5. The molecular weight excluding hydrogens is 466 g/mol. The molecule has 0 bridgehead atoms. The molecule has 3 aromatic carbocycles. The molecule has 1 heterocycles. The molecule has 0 aliphatic heterocycles. The number of carbonyl (C=O) groups excluding carboxylic acids is 2. The predicted molar refractivity (Wildman–Crippen MR) is 137 cm³/mol. The molecular formula is C26H21N3O5S. The molecule has 0 aliphatic carbocycles. The number of carboxylic acid groups (broad SMARTS) is 1. The second-order valence-electron chi connectivity index (χ2n) is 7.74. The summed E-state index contributed by atoms with van der Waals surface area (Å²) in [4.78, 5) is 51.9. The van der Waals surface area contributed by atoms with Gasteiger partial charge in [0.25, 0.3) is 5.91 Å². The SMILES string of the molecule is O=C(N[C@@H](CS)C(=O)Nc1ccc2[nH]cc(C(=O)O)c(=O)c2c1)c1ccc(-c2ccccc2)cc1. The van der Waals surface area contributed by atoms with Crippen LogP contribution in [0.1, 0.15) is 20.7 Å². The van der Waals surface area contributed by atoms with E-state index in [1.807, 2.05) is 42.5 Å². The normalized spacial score (nSPS) is 11.6. The second-order valence-corrected chi connectivity index (χ2v) is 8.10. The zero-order valence-corrected chi connectivity index (χ0v) is 19.2. The molecule has 0 saturated heterocycles. The summed E-state index contributed by atoms with van der Waals surface area (Å²) in [5.41, 5.74) is 2.02. The number of fused-ring (bicyclic) bond motifs is 1. The maximum atomic E-state index is 12.8. The fraction of sp³-hybridized carbons (Fsp3) is 0.0769. The Balaban J connectivity index is 1.47. The van der Waals surface area contributed by atoms with Crippen LogP contribution >= 0.6 is 12.6 Å². The molecule has 0 saturated carbocycles. The number of carboxylic acids is 1. The van der Waals surface area contributed by atoms with Gasteiger partial charge in [-0.15, -0.1) is 0 Å². The van der Waals surface area contributed by atoms with E-state index in [-0.39, 0.29) is 16.8 Å². The Hall–Kier alpha value is -4.37. The number of aromatic carboxylic acids is 1. The van der Waals surface area contributed by atoms with E-state index in [1.54, 1.807) is 24.3 Å². The molecule has 9 heteroatoms. The quantitative estimate of drug-likeness (QED) is 0.255. The van der Waals surface area contributed by atoms with Crippen LogP contribution in [0.2, 0.25) is 0 Å². The molecule has 1 atom stereocenters. The van der Waals surface area contributed by atoms with Gasteiger partial charge in [-0.05, 0) is 41.5 Å². The van der Waals surface area contributed by atoms with Crippen molar-refractivity contribution in [1.29, 1.82) is 0 Å². The molecule has 4 rings (SSSR count). The Morgan fingerprint density at radius 3 is 2.29 bits per heavy atom. The molecule has 4 N–H and O–H groups in total. The predicted octanol–water partition coefficient (Wildman–Crippen LogP) is 3.56. The molecule has 2 amide bonds. The summed E-state index contributed by atoms with van der Waals surface area (Å²) in [5, 5.41) is 14.6. The number of nitrogens with one attached hydrogen (secondary N) is 3. The molecule has 0 radical (unpaired) electrons. The molecule has 0 unspecified atom stereocenters. The summed E-state index contributed by atoms with van der Waals surface area (Å²) in [6.45, 7) is 0. The maximum absolute atomic E-state index is 12.8. The van der Waals surface area contributed by atoms with Crippen LogP contribution in [0.3, 0.4) is 0 Å². The first kappa shape index (κ1) is 23.8. The van der Waals surface area contributed by atoms with Crippen LogP contribution in [0.4, 0.5) is 5.69 Å². The average Bonchev–Trinajstić information content (AvgIpc) is 2.88. The first-order valence-electron chi connectivity index (χ1n) is 10.6. The first-order valence-corrected chi connectivity index (χ1v) is 11.3. The molecule has 0 aliphatic rings. The van der Waals surface area contributed by atoms with E-state index >= 15 is 0 Å². The number of aromatic amines is 1. The highest BCUT2D eigenvalue weighted by Crippen LogP contribution is 2.19. The highest BCUT2D eigenvalue weighted by molar-refractivity contribution is 7.80. The van der Waals surface area contributed by atoms with Crippen LogP contribution in [0, 0.1) is 0 Å². The summed E-state index contributed by atoms with van der Waals surface area (Å²) >= 11 is 4.19. The molecule has 8 nitrogen and oxygen atoms in total. The van der Waals surface area contributed by atoms with E-state index in [9.17, 15) is 19.2 Å². The third kappa shape index (κ3) is 5.25. The number of rotatable bonds is 7. The van der Waals surface area contributed by atoms with Gasteiger partial charge in [-0.3, -0.25) is 14.4 Å².